The number of hydrogen-bond donors (Lipinski definition) is 2. The lowest BCUT2D eigenvalue weighted by Gasteiger charge is -1.97. The van der Waals surface area contributed by atoms with Crippen molar-refractivity contribution in [3.63, 3.8) is 0 Å². The van der Waals surface area contributed by atoms with Crippen LogP contribution in [-0.2, 0) is 0 Å². The summed E-state index contributed by atoms with van der Waals surface area (Å²) in [7, 11) is 0. The molecule has 0 aliphatic rings. The summed E-state index contributed by atoms with van der Waals surface area (Å²) in [4.78, 5) is 14.6. The summed E-state index contributed by atoms with van der Waals surface area (Å²) >= 11 is 0. The van der Waals surface area contributed by atoms with Gasteiger partial charge in [0.15, 0.2) is 0 Å². The SMILES string of the molecule is O=C(O)c1cn[nH]c1-c1ccncc1. The molecule has 0 aliphatic carbocycles. The highest BCUT2D eigenvalue weighted by atomic mass is 16.4. The van der Waals surface area contributed by atoms with Gasteiger partial charge >= 0.3 is 5.97 Å². The van der Waals surface area contributed by atoms with Gasteiger partial charge in [-0.25, -0.2) is 4.79 Å². The molecule has 0 aromatic carbocycles. The van der Waals surface area contributed by atoms with Crippen LogP contribution in [0.25, 0.3) is 11.3 Å². The monoisotopic (exact) mass is 189 g/mol. The second-order valence-corrected chi connectivity index (χ2v) is 2.70. The van der Waals surface area contributed by atoms with Crippen LogP contribution in [0.15, 0.2) is 30.7 Å². The number of aromatic nitrogens is 3. The third-order valence-corrected chi connectivity index (χ3v) is 1.84. The number of carboxylic acids is 1. The maximum atomic E-state index is 10.8. The van der Waals surface area contributed by atoms with Gasteiger partial charge in [-0.2, -0.15) is 5.10 Å². The number of aromatic carboxylic acids is 1. The maximum absolute atomic E-state index is 10.8. The minimum atomic E-state index is -0.995. The van der Waals surface area contributed by atoms with Gasteiger partial charge in [-0.3, -0.25) is 10.1 Å². The van der Waals surface area contributed by atoms with Gasteiger partial charge in [0.05, 0.1) is 11.9 Å². The summed E-state index contributed by atoms with van der Waals surface area (Å²) in [6.45, 7) is 0. The molecule has 2 aromatic heterocycles. The molecule has 2 heterocycles. The number of nitrogens with one attached hydrogen (secondary N) is 1. The highest BCUT2D eigenvalue weighted by Gasteiger charge is 2.13. The number of carbonyl (C=O) groups is 1. The van der Waals surface area contributed by atoms with E-state index in [1.54, 1.807) is 24.5 Å². The average molecular weight is 189 g/mol. The molecule has 0 fully saturated rings. The van der Waals surface area contributed by atoms with Crippen LogP contribution in [-0.4, -0.2) is 26.3 Å². The molecule has 5 heteroatoms. The van der Waals surface area contributed by atoms with Crippen LogP contribution in [0.3, 0.4) is 0 Å². The molecule has 2 aromatic rings. The Hall–Kier alpha value is -2.17. The highest BCUT2D eigenvalue weighted by Crippen LogP contribution is 2.19. The molecular formula is C9H7N3O2. The average Bonchev–Trinajstić information content (AvgIpc) is 2.67. The predicted octanol–water partition coefficient (Wildman–Crippen LogP) is 1.17. The summed E-state index contributed by atoms with van der Waals surface area (Å²) in [6, 6.07) is 3.44. The van der Waals surface area contributed by atoms with E-state index >= 15 is 0 Å². The van der Waals surface area contributed by atoms with Crippen molar-refractivity contribution in [1.82, 2.24) is 15.2 Å². The van der Waals surface area contributed by atoms with Crippen molar-refractivity contribution in [2.45, 2.75) is 0 Å². The first-order valence-corrected chi connectivity index (χ1v) is 3.96. The first kappa shape index (κ1) is 8.43. The van der Waals surface area contributed by atoms with Crippen LogP contribution in [0.1, 0.15) is 10.4 Å². The molecule has 0 atom stereocenters. The van der Waals surface area contributed by atoms with E-state index < -0.39 is 5.97 Å². The zero-order valence-corrected chi connectivity index (χ0v) is 7.14. The first-order chi connectivity index (χ1) is 6.79. The molecule has 0 radical (unpaired) electrons. The van der Waals surface area contributed by atoms with E-state index in [0.717, 1.165) is 5.56 Å². The van der Waals surface area contributed by atoms with Crippen molar-refractivity contribution in [3.05, 3.63) is 36.3 Å². The maximum Gasteiger partial charge on any atom is 0.339 e. The second-order valence-electron chi connectivity index (χ2n) is 2.70. The molecule has 0 saturated heterocycles. The molecule has 2 rings (SSSR count). The fourth-order valence-corrected chi connectivity index (χ4v) is 1.19. The van der Waals surface area contributed by atoms with Gasteiger partial charge in [-0.05, 0) is 12.1 Å². The minimum Gasteiger partial charge on any atom is -0.478 e. The van der Waals surface area contributed by atoms with Crippen LogP contribution in [0.2, 0.25) is 0 Å². The summed E-state index contributed by atoms with van der Waals surface area (Å²) in [5.41, 5.74) is 1.42. The lowest BCUT2D eigenvalue weighted by Crippen LogP contribution is -1.96. The number of pyridine rings is 1. The number of rotatable bonds is 2. The third-order valence-electron chi connectivity index (χ3n) is 1.84. The smallest absolute Gasteiger partial charge is 0.339 e. The molecule has 5 nitrogen and oxygen atoms in total. The fourth-order valence-electron chi connectivity index (χ4n) is 1.19. The van der Waals surface area contributed by atoms with Gasteiger partial charge in [0, 0.05) is 18.0 Å². The van der Waals surface area contributed by atoms with Crippen molar-refractivity contribution >= 4 is 5.97 Å². The van der Waals surface area contributed by atoms with E-state index in [4.69, 9.17) is 5.11 Å². The Morgan fingerprint density at radius 1 is 1.36 bits per heavy atom. The van der Waals surface area contributed by atoms with Crippen molar-refractivity contribution in [2.75, 3.05) is 0 Å². The Bertz CT molecular complexity index is 450. The number of aromatic amines is 1. The van der Waals surface area contributed by atoms with E-state index in [9.17, 15) is 4.79 Å². The summed E-state index contributed by atoms with van der Waals surface area (Å²) in [5, 5.41) is 15.2. The molecule has 0 aliphatic heterocycles. The molecule has 0 amide bonds. The summed E-state index contributed by atoms with van der Waals surface area (Å²) < 4.78 is 0. The molecule has 0 unspecified atom stereocenters. The van der Waals surface area contributed by atoms with Crippen LogP contribution < -0.4 is 0 Å². The van der Waals surface area contributed by atoms with Gasteiger partial charge in [0.2, 0.25) is 0 Å². The first-order valence-electron chi connectivity index (χ1n) is 3.96. The van der Waals surface area contributed by atoms with Crippen molar-refractivity contribution in [1.29, 1.82) is 0 Å². The van der Waals surface area contributed by atoms with E-state index in [2.05, 4.69) is 15.2 Å². The summed E-state index contributed by atoms with van der Waals surface area (Å²) in [6.07, 6.45) is 4.49. The molecule has 70 valence electrons. The van der Waals surface area contributed by atoms with E-state index in [1.165, 1.54) is 6.20 Å². The van der Waals surface area contributed by atoms with Crippen molar-refractivity contribution in [2.24, 2.45) is 0 Å². The summed E-state index contributed by atoms with van der Waals surface area (Å²) in [5.74, 6) is -0.995. The Kier molecular flexibility index (Phi) is 1.98. The predicted molar refractivity (Wildman–Crippen MR) is 48.8 cm³/mol. The third kappa shape index (κ3) is 1.35. The normalized spacial score (nSPS) is 10.0. The number of H-pyrrole nitrogens is 1. The van der Waals surface area contributed by atoms with E-state index in [1.807, 2.05) is 0 Å². The Balaban J connectivity index is 2.52. The van der Waals surface area contributed by atoms with Gasteiger partial charge in [-0.15, -0.1) is 0 Å². The van der Waals surface area contributed by atoms with Crippen LogP contribution in [0.5, 0.6) is 0 Å². The minimum absolute atomic E-state index is 0.163. The van der Waals surface area contributed by atoms with Crippen molar-refractivity contribution in [3.8, 4) is 11.3 Å². The lowest BCUT2D eigenvalue weighted by atomic mass is 10.1. The number of hydrogen-bond acceptors (Lipinski definition) is 3. The Morgan fingerprint density at radius 2 is 2.07 bits per heavy atom. The van der Waals surface area contributed by atoms with Gasteiger partial charge in [-0.1, -0.05) is 0 Å². The molecule has 0 saturated carbocycles. The van der Waals surface area contributed by atoms with Gasteiger partial charge in [0.25, 0.3) is 0 Å². The standard InChI is InChI=1S/C9H7N3O2/c13-9(14)7-5-11-12-8(7)6-1-3-10-4-2-6/h1-5H,(H,11,12)(H,13,14). The topological polar surface area (TPSA) is 78.9 Å². The number of nitrogens with zero attached hydrogens (tertiary/aromatic N) is 2. The van der Waals surface area contributed by atoms with Crippen LogP contribution in [0.4, 0.5) is 0 Å². The number of carboxylic acid groups (broad SMARTS) is 1. The Labute approximate surface area is 79.4 Å². The molecule has 0 bridgehead atoms. The Morgan fingerprint density at radius 3 is 2.71 bits per heavy atom. The van der Waals surface area contributed by atoms with Crippen molar-refractivity contribution < 1.29 is 9.90 Å². The molecule has 2 N–H and O–H groups in total. The zero-order chi connectivity index (χ0) is 9.97. The van der Waals surface area contributed by atoms with Gasteiger partial charge in [0.1, 0.15) is 5.56 Å². The highest BCUT2D eigenvalue weighted by molar-refractivity contribution is 5.94. The largest absolute Gasteiger partial charge is 0.478 e. The van der Waals surface area contributed by atoms with E-state index in [0.29, 0.717) is 5.69 Å². The van der Waals surface area contributed by atoms with Crippen LogP contribution >= 0.6 is 0 Å². The van der Waals surface area contributed by atoms with E-state index in [-0.39, 0.29) is 5.56 Å². The second kappa shape index (κ2) is 3.29. The molecule has 0 spiro atoms. The lowest BCUT2D eigenvalue weighted by molar-refractivity contribution is 0.0698. The quantitative estimate of drug-likeness (QED) is 0.743. The fraction of sp³-hybridized carbons (Fsp3) is 0. The van der Waals surface area contributed by atoms with Crippen LogP contribution in [0, 0.1) is 0 Å². The molecule has 14 heavy (non-hydrogen) atoms. The zero-order valence-electron chi connectivity index (χ0n) is 7.14. The van der Waals surface area contributed by atoms with Gasteiger partial charge < -0.3 is 5.11 Å². The molecular weight excluding hydrogens is 182 g/mol.